The minimum atomic E-state index is -4.59. The van der Waals surface area contributed by atoms with Crippen LogP contribution < -0.4 is 5.32 Å². The number of hydrogen-bond acceptors (Lipinski definition) is 3. The molecule has 1 aliphatic rings. The number of nitrogens with one attached hydrogen (secondary N) is 1. The van der Waals surface area contributed by atoms with Crippen molar-refractivity contribution in [1.82, 2.24) is 4.98 Å². The fourth-order valence-corrected chi connectivity index (χ4v) is 4.07. The number of halogens is 3. The summed E-state index contributed by atoms with van der Waals surface area (Å²) in [6.07, 6.45) is -2.90. The van der Waals surface area contributed by atoms with Crippen molar-refractivity contribution in [3.63, 3.8) is 0 Å². The number of carbonyl (C=O) groups excluding carboxylic acids is 1. The Morgan fingerprint density at radius 1 is 1.04 bits per heavy atom. The molecule has 0 fully saturated rings. The molecule has 7 heteroatoms. The quantitative estimate of drug-likeness (QED) is 0.672. The van der Waals surface area contributed by atoms with Crippen LogP contribution in [0.25, 0.3) is 11.3 Å². The predicted molar refractivity (Wildman–Crippen MR) is 94.4 cm³/mol. The molecule has 0 atom stereocenters. The van der Waals surface area contributed by atoms with Crippen molar-refractivity contribution in [2.24, 2.45) is 0 Å². The molecule has 1 heterocycles. The lowest BCUT2D eigenvalue weighted by atomic mass is 9.94. The maximum absolute atomic E-state index is 13.1. The number of hydrogen-bond donors (Lipinski definition) is 1. The number of amides is 1. The number of alkyl halides is 3. The number of rotatable bonds is 2. The van der Waals surface area contributed by atoms with E-state index in [0.29, 0.717) is 5.13 Å². The molecule has 4 rings (SSSR count). The molecule has 3 aromatic rings. The van der Waals surface area contributed by atoms with Gasteiger partial charge in [-0.15, -0.1) is 11.3 Å². The molecule has 1 aromatic heterocycles. The molecule has 0 unspecified atom stereocenters. The van der Waals surface area contributed by atoms with Gasteiger partial charge >= 0.3 is 6.18 Å². The van der Waals surface area contributed by atoms with Gasteiger partial charge in [-0.3, -0.25) is 10.1 Å². The summed E-state index contributed by atoms with van der Waals surface area (Å²) in [5.41, 5.74) is 1.64. The van der Waals surface area contributed by atoms with Crippen molar-refractivity contribution in [3.05, 3.63) is 70.1 Å². The summed E-state index contributed by atoms with van der Waals surface area (Å²) in [6.45, 7) is 0. The third-order valence-electron chi connectivity index (χ3n) is 4.29. The number of fused-ring (bicyclic) bond motifs is 3. The van der Waals surface area contributed by atoms with Crippen molar-refractivity contribution in [3.8, 4) is 11.3 Å². The van der Waals surface area contributed by atoms with Crippen LogP contribution in [0.3, 0.4) is 0 Å². The highest BCUT2D eigenvalue weighted by atomic mass is 32.1. The second-order valence-electron chi connectivity index (χ2n) is 5.95. The van der Waals surface area contributed by atoms with Crippen molar-refractivity contribution >= 4 is 22.4 Å². The Kier molecular flexibility index (Phi) is 4.03. The molecule has 1 N–H and O–H groups in total. The molecule has 0 saturated carbocycles. The molecule has 0 aliphatic heterocycles. The summed E-state index contributed by atoms with van der Waals surface area (Å²) in [5, 5.41) is 2.84. The number of anilines is 1. The first-order valence-corrected chi connectivity index (χ1v) is 8.80. The topological polar surface area (TPSA) is 42.0 Å². The number of nitrogens with zero attached hydrogens (tertiary/aromatic N) is 1. The average molecular weight is 374 g/mol. The standard InChI is InChI=1S/C19H13F3N2OS/c20-19(21,22)14-8-4-3-7-13(14)17(25)24-18-23-16-12-6-2-1-5-11(12)9-10-15(16)26-18/h1-8H,9-10H2,(H,23,24,25). The number of aromatic nitrogens is 1. The van der Waals surface area contributed by atoms with Crippen LogP contribution in [-0.2, 0) is 19.0 Å². The normalized spacial score (nSPS) is 13.0. The minimum absolute atomic E-state index is 0.314. The van der Waals surface area contributed by atoms with E-state index in [2.05, 4.69) is 10.3 Å². The third kappa shape index (κ3) is 2.99. The Balaban J connectivity index is 1.65. The van der Waals surface area contributed by atoms with Crippen LogP contribution in [0.15, 0.2) is 48.5 Å². The fraction of sp³-hybridized carbons (Fsp3) is 0.158. The molecule has 1 aliphatic carbocycles. The van der Waals surface area contributed by atoms with Gasteiger partial charge in [-0.2, -0.15) is 13.2 Å². The largest absolute Gasteiger partial charge is 0.417 e. The first kappa shape index (κ1) is 16.8. The Morgan fingerprint density at radius 2 is 1.77 bits per heavy atom. The smallest absolute Gasteiger partial charge is 0.298 e. The van der Waals surface area contributed by atoms with E-state index in [1.54, 1.807) is 0 Å². The van der Waals surface area contributed by atoms with E-state index in [1.807, 2.05) is 24.3 Å². The van der Waals surface area contributed by atoms with Gasteiger partial charge in [0.2, 0.25) is 0 Å². The van der Waals surface area contributed by atoms with Crippen molar-refractivity contribution in [2.45, 2.75) is 19.0 Å². The summed E-state index contributed by atoms with van der Waals surface area (Å²) in [6, 6.07) is 12.6. The van der Waals surface area contributed by atoms with E-state index in [-0.39, 0.29) is 0 Å². The zero-order valence-corrected chi connectivity index (χ0v) is 14.2. The minimum Gasteiger partial charge on any atom is -0.298 e. The maximum Gasteiger partial charge on any atom is 0.417 e. The molecule has 0 bridgehead atoms. The molecule has 0 spiro atoms. The van der Waals surface area contributed by atoms with E-state index in [0.717, 1.165) is 35.0 Å². The second kappa shape index (κ2) is 6.25. The molecule has 2 aromatic carbocycles. The molecular weight excluding hydrogens is 361 g/mol. The van der Waals surface area contributed by atoms with Gasteiger partial charge in [0, 0.05) is 10.4 Å². The van der Waals surface area contributed by atoms with Crippen LogP contribution >= 0.6 is 11.3 Å². The van der Waals surface area contributed by atoms with Crippen LogP contribution in [0.4, 0.5) is 18.3 Å². The monoisotopic (exact) mass is 374 g/mol. The van der Waals surface area contributed by atoms with Gasteiger partial charge in [0.15, 0.2) is 5.13 Å². The molecule has 132 valence electrons. The Hall–Kier alpha value is -2.67. The Morgan fingerprint density at radius 3 is 2.58 bits per heavy atom. The highest BCUT2D eigenvalue weighted by molar-refractivity contribution is 7.16. The summed E-state index contributed by atoms with van der Waals surface area (Å²) < 4.78 is 39.3. The fourth-order valence-electron chi connectivity index (χ4n) is 3.10. The molecule has 1 amide bonds. The van der Waals surface area contributed by atoms with Crippen LogP contribution in [0.2, 0.25) is 0 Å². The molecule has 0 radical (unpaired) electrons. The van der Waals surface area contributed by atoms with Crippen molar-refractivity contribution in [2.75, 3.05) is 5.32 Å². The first-order valence-electron chi connectivity index (χ1n) is 7.99. The molecule has 0 saturated heterocycles. The van der Waals surface area contributed by atoms with Gasteiger partial charge in [0.1, 0.15) is 0 Å². The second-order valence-corrected chi connectivity index (χ2v) is 7.03. The highest BCUT2D eigenvalue weighted by Gasteiger charge is 2.35. The Bertz CT molecular complexity index is 994. The van der Waals surface area contributed by atoms with Gasteiger partial charge in [-0.1, -0.05) is 36.4 Å². The number of aryl methyl sites for hydroxylation is 2. The van der Waals surface area contributed by atoms with Crippen LogP contribution in [0, 0.1) is 0 Å². The van der Waals surface area contributed by atoms with Gasteiger partial charge in [0.25, 0.3) is 5.91 Å². The lowest BCUT2D eigenvalue weighted by Gasteiger charge is -2.13. The summed E-state index contributed by atoms with van der Waals surface area (Å²) in [5.74, 6) is -0.808. The van der Waals surface area contributed by atoms with E-state index in [4.69, 9.17) is 0 Å². The zero-order chi connectivity index (χ0) is 18.3. The first-order chi connectivity index (χ1) is 12.4. The van der Waals surface area contributed by atoms with Gasteiger partial charge in [-0.05, 0) is 30.5 Å². The summed E-state index contributed by atoms with van der Waals surface area (Å²) in [4.78, 5) is 17.9. The van der Waals surface area contributed by atoms with Crippen molar-refractivity contribution < 1.29 is 18.0 Å². The van der Waals surface area contributed by atoms with E-state index in [9.17, 15) is 18.0 Å². The molecule has 3 nitrogen and oxygen atoms in total. The number of benzene rings is 2. The average Bonchev–Trinajstić information content (AvgIpc) is 3.04. The predicted octanol–water partition coefficient (Wildman–Crippen LogP) is 5.18. The summed E-state index contributed by atoms with van der Waals surface area (Å²) >= 11 is 1.31. The molecular formula is C19H13F3N2OS. The van der Waals surface area contributed by atoms with E-state index in [1.165, 1.54) is 35.1 Å². The molecule has 26 heavy (non-hydrogen) atoms. The number of thiazole rings is 1. The Labute approximate surface area is 151 Å². The van der Waals surface area contributed by atoms with Crippen LogP contribution in [-0.4, -0.2) is 10.9 Å². The lowest BCUT2D eigenvalue weighted by Crippen LogP contribution is -2.18. The zero-order valence-electron chi connectivity index (χ0n) is 13.4. The van der Waals surface area contributed by atoms with Gasteiger partial charge in [0.05, 0.1) is 16.8 Å². The van der Waals surface area contributed by atoms with Gasteiger partial charge < -0.3 is 0 Å². The van der Waals surface area contributed by atoms with E-state index < -0.39 is 23.2 Å². The van der Waals surface area contributed by atoms with E-state index >= 15 is 0 Å². The van der Waals surface area contributed by atoms with Gasteiger partial charge in [-0.25, -0.2) is 4.98 Å². The van der Waals surface area contributed by atoms with Crippen LogP contribution in [0.5, 0.6) is 0 Å². The lowest BCUT2D eigenvalue weighted by molar-refractivity contribution is -0.137. The SMILES string of the molecule is O=C(Nc1nc2c(s1)CCc1ccccc1-2)c1ccccc1C(F)(F)F. The van der Waals surface area contributed by atoms with Crippen molar-refractivity contribution in [1.29, 1.82) is 0 Å². The highest BCUT2D eigenvalue weighted by Crippen LogP contribution is 2.38. The number of carbonyl (C=O) groups is 1. The maximum atomic E-state index is 13.1. The third-order valence-corrected chi connectivity index (χ3v) is 5.32. The van der Waals surface area contributed by atoms with Crippen LogP contribution in [0.1, 0.15) is 26.4 Å². The summed E-state index contributed by atoms with van der Waals surface area (Å²) in [7, 11) is 0.